The van der Waals surface area contributed by atoms with Crippen LogP contribution in [0.3, 0.4) is 0 Å². The standard InChI is InChI=1S/C20H27N3O/c1-16(19(21)17-10-6-4-7-11-17)20(24)23(3)15-14-22(2)18-12-8-5-9-13-18/h4-13,16,19H,14-15,21H2,1-3H3. The fourth-order valence-electron chi connectivity index (χ4n) is 2.69. The lowest BCUT2D eigenvalue weighted by molar-refractivity contribution is -0.134. The van der Waals surface area contributed by atoms with E-state index < -0.39 is 0 Å². The molecule has 0 saturated carbocycles. The zero-order chi connectivity index (χ0) is 17.5. The maximum atomic E-state index is 12.6. The fraction of sp³-hybridized carbons (Fsp3) is 0.350. The predicted molar refractivity (Wildman–Crippen MR) is 99.9 cm³/mol. The zero-order valence-electron chi connectivity index (χ0n) is 14.7. The Morgan fingerprint density at radius 3 is 2.08 bits per heavy atom. The molecule has 2 rings (SSSR count). The van der Waals surface area contributed by atoms with Gasteiger partial charge in [-0.2, -0.15) is 0 Å². The molecule has 2 atom stereocenters. The Morgan fingerprint density at radius 2 is 1.50 bits per heavy atom. The van der Waals surface area contributed by atoms with Gasteiger partial charge >= 0.3 is 0 Å². The maximum Gasteiger partial charge on any atom is 0.227 e. The van der Waals surface area contributed by atoms with Crippen LogP contribution in [0.25, 0.3) is 0 Å². The summed E-state index contributed by atoms with van der Waals surface area (Å²) in [4.78, 5) is 16.5. The number of carbonyl (C=O) groups is 1. The Kier molecular flexibility index (Phi) is 6.38. The highest BCUT2D eigenvalue weighted by Gasteiger charge is 2.24. The third kappa shape index (κ3) is 4.59. The van der Waals surface area contributed by atoms with Gasteiger partial charge in [0.2, 0.25) is 5.91 Å². The van der Waals surface area contributed by atoms with E-state index in [2.05, 4.69) is 17.0 Å². The molecule has 0 aliphatic carbocycles. The number of nitrogens with zero attached hydrogens (tertiary/aromatic N) is 2. The average molecular weight is 325 g/mol. The van der Waals surface area contributed by atoms with E-state index in [9.17, 15) is 4.79 Å². The number of hydrogen-bond acceptors (Lipinski definition) is 3. The van der Waals surface area contributed by atoms with Gasteiger partial charge in [0.25, 0.3) is 0 Å². The molecule has 0 saturated heterocycles. The molecule has 24 heavy (non-hydrogen) atoms. The summed E-state index contributed by atoms with van der Waals surface area (Å²) in [5, 5.41) is 0. The molecule has 0 radical (unpaired) electrons. The molecule has 2 unspecified atom stereocenters. The van der Waals surface area contributed by atoms with Gasteiger partial charge in [0.1, 0.15) is 0 Å². The van der Waals surface area contributed by atoms with Crippen molar-refractivity contribution in [3.05, 3.63) is 66.2 Å². The number of carbonyl (C=O) groups excluding carboxylic acids is 1. The van der Waals surface area contributed by atoms with Gasteiger partial charge in [0, 0.05) is 38.9 Å². The van der Waals surface area contributed by atoms with Crippen LogP contribution in [-0.2, 0) is 4.79 Å². The topological polar surface area (TPSA) is 49.6 Å². The zero-order valence-corrected chi connectivity index (χ0v) is 14.7. The first-order chi connectivity index (χ1) is 11.5. The maximum absolute atomic E-state index is 12.6. The van der Waals surface area contributed by atoms with Gasteiger partial charge in [-0.05, 0) is 17.7 Å². The van der Waals surface area contributed by atoms with E-state index in [4.69, 9.17) is 5.73 Å². The second-order valence-electron chi connectivity index (χ2n) is 6.24. The highest BCUT2D eigenvalue weighted by molar-refractivity contribution is 5.79. The molecular weight excluding hydrogens is 298 g/mol. The first-order valence-electron chi connectivity index (χ1n) is 8.32. The van der Waals surface area contributed by atoms with E-state index in [0.29, 0.717) is 6.54 Å². The van der Waals surface area contributed by atoms with E-state index in [-0.39, 0.29) is 17.9 Å². The summed E-state index contributed by atoms with van der Waals surface area (Å²) in [5.74, 6) is -0.174. The van der Waals surface area contributed by atoms with Gasteiger partial charge in [-0.1, -0.05) is 55.5 Å². The molecule has 0 aromatic heterocycles. The van der Waals surface area contributed by atoms with Crippen molar-refractivity contribution in [2.75, 3.05) is 32.1 Å². The Labute approximate surface area is 144 Å². The molecule has 1 amide bonds. The highest BCUT2D eigenvalue weighted by atomic mass is 16.2. The van der Waals surface area contributed by atoms with Crippen LogP contribution in [0.5, 0.6) is 0 Å². The van der Waals surface area contributed by atoms with Gasteiger partial charge < -0.3 is 15.5 Å². The quantitative estimate of drug-likeness (QED) is 0.851. The minimum Gasteiger partial charge on any atom is -0.373 e. The van der Waals surface area contributed by atoms with E-state index in [1.807, 2.05) is 69.6 Å². The van der Waals surface area contributed by atoms with Crippen molar-refractivity contribution in [3.63, 3.8) is 0 Å². The Hall–Kier alpha value is -2.33. The van der Waals surface area contributed by atoms with Crippen molar-refractivity contribution < 1.29 is 4.79 Å². The SMILES string of the molecule is CC(C(=O)N(C)CCN(C)c1ccccc1)C(N)c1ccccc1. The fourth-order valence-corrected chi connectivity index (χ4v) is 2.69. The second kappa shape index (κ2) is 8.50. The van der Waals surface area contributed by atoms with Crippen LogP contribution in [0.15, 0.2) is 60.7 Å². The molecule has 2 aromatic rings. The van der Waals surface area contributed by atoms with Gasteiger partial charge in [0.05, 0.1) is 5.92 Å². The molecule has 0 bridgehead atoms. The minimum atomic E-state index is -0.284. The molecule has 2 N–H and O–H groups in total. The number of amides is 1. The molecule has 2 aromatic carbocycles. The number of nitrogens with two attached hydrogens (primary N) is 1. The minimum absolute atomic E-state index is 0.0767. The third-order valence-corrected chi connectivity index (χ3v) is 4.46. The van der Waals surface area contributed by atoms with E-state index in [1.54, 1.807) is 4.90 Å². The molecule has 128 valence electrons. The van der Waals surface area contributed by atoms with E-state index in [0.717, 1.165) is 17.8 Å². The van der Waals surface area contributed by atoms with Crippen molar-refractivity contribution in [2.24, 2.45) is 11.7 Å². The summed E-state index contributed by atoms with van der Waals surface area (Å²) in [7, 11) is 3.88. The number of hydrogen-bond donors (Lipinski definition) is 1. The molecule has 4 nitrogen and oxygen atoms in total. The van der Waals surface area contributed by atoms with Crippen LogP contribution in [-0.4, -0.2) is 38.0 Å². The van der Waals surface area contributed by atoms with Gasteiger partial charge in [0.15, 0.2) is 0 Å². The molecule has 0 heterocycles. The Bertz CT molecular complexity index is 630. The number of anilines is 1. The molecule has 0 aliphatic heterocycles. The summed E-state index contributed by atoms with van der Waals surface area (Å²) in [6.07, 6.45) is 0. The summed E-state index contributed by atoms with van der Waals surface area (Å²) < 4.78 is 0. The molecule has 0 fully saturated rings. The monoisotopic (exact) mass is 325 g/mol. The molecule has 0 aliphatic rings. The average Bonchev–Trinajstić information content (AvgIpc) is 2.65. The highest BCUT2D eigenvalue weighted by Crippen LogP contribution is 2.20. The smallest absolute Gasteiger partial charge is 0.227 e. The van der Waals surface area contributed by atoms with Crippen LogP contribution < -0.4 is 10.6 Å². The number of para-hydroxylation sites is 1. The summed E-state index contributed by atoms with van der Waals surface area (Å²) in [6, 6.07) is 19.7. The van der Waals surface area contributed by atoms with Crippen molar-refractivity contribution in [1.82, 2.24) is 4.90 Å². The van der Waals surface area contributed by atoms with Crippen LogP contribution in [0, 0.1) is 5.92 Å². The van der Waals surface area contributed by atoms with Crippen molar-refractivity contribution in [3.8, 4) is 0 Å². The molecule has 0 spiro atoms. The van der Waals surface area contributed by atoms with Crippen LogP contribution in [0.1, 0.15) is 18.5 Å². The van der Waals surface area contributed by atoms with Crippen molar-refractivity contribution >= 4 is 11.6 Å². The molecule has 4 heteroatoms. The Morgan fingerprint density at radius 1 is 0.958 bits per heavy atom. The first kappa shape index (κ1) is 18.0. The first-order valence-corrected chi connectivity index (χ1v) is 8.32. The summed E-state index contributed by atoms with van der Waals surface area (Å²) in [6.45, 7) is 3.34. The Balaban J connectivity index is 1.89. The predicted octanol–water partition coefficient (Wildman–Crippen LogP) is 2.92. The normalized spacial score (nSPS) is 13.2. The van der Waals surface area contributed by atoms with Crippen LogP contribution >= 0.6 is 0 Å². The van der Waals surface area contributed by atoms with Gasteiger partial charge in [-0.25, -0.2) is 0 Å². The van der Waals surface area contributed by atoms with E-state index >= 15 is 0 Å². The van der Waals surface area contributed by atoms with Crippen molar-refractivity contribution in [2.45, 2.75) is 13.0 Å². The lowest BCUT2D eigenvalue weighted by Crippen LogP contribution is -2.40. The second-order valence-corrected chi connectivity index (χ2v) is 6.24. The van der Waals surface area contributed by atoms with E-state index in [1.165, 1.54) is 0 Å². The number of rotatable bonds is 7. The third-order valence-electron chi connectivity index (χ3n) is 4.46. The van der Waals surface area contributed by atoms with Gasteiger partial charge in [-0.15, -0.1) is 0 Å². The van der Waals surface area contributed by atoms with Crippen LogP contribution in [0.4, 0.5) is 5.69 Å². The largest absolute Gasteiger partial charge is 0.373 e. The molecular formula is C20H27N3O. The lowest BCUT2D eigenvalue weighted by atomic mass is 9.94. The van der Waals surface area contributed by atoms with Gasteiger partial charge in [-0.3, -0.25) is 4.79 Å². The summed E-state index contributed by atoms with van der Waals surface area (Å²) in [5.41, 5.74) is 8.41. The van der Waals surface area contributed by atoms with Crippen molar-refractivity contribution in [1.29, 1.82) is 0 Å². The lowest BCUT2D eigenvalue weighted by Gasteiger charge is -2.28. The van der Waals surface area contributed by atoms with Crippen LogP contribution in [0.2, 0.25) is 0 Å². The number of benzene rings is 2. The number of likely N-dealkylation sites (N-methyl/N-ethyl adjacent to an activating group) is 2. The summed E-state index contributed by atoms with van der Waals surface area (Å²) >= 11 is 0.